The van der Waals surface area contributed by atoms with Crippen LogP contribution >= 0.6 is 11.6 Å². The molecule has 0 aliphatic heterocycles. The Morgan fingerprint density at radius 1 is 1.03 bits per heavy atom. The molecule has 3 aromatic carbocycles. The molecule has 0 fully saturated rings. The summed E-state index contributed by atoms with van der Waals surface area (Å²) in [4.78, 5) is 12.9. The van der Waals surface area contributed by atoms with Crippen LogP contribution in [0.2, 0.25) is 5.02 Å². The van der Waals surface area contributed by atoms with E-state index in [0.29, 0.717) is 12.0 Å². The first-order valence-electron chi connectivity index (χ1n) is 10.1. The molecule has 6 nitrogen and oxygen atoms in total. The van der Waals surface area contributed by atoms with Crippen LogP contribution in [0.1, 0.15) is 40.9 Å². The number of carbonyl (C=O) groups excluding carboxylic acids is 1. The normalized spacial score (nSPS) is 12.1. The summed E-state index contributed by atoms with van der Waals surface area (Å²) in [5, 5.41) is 3.12. The maximum Gasteiger partial charge on any atom is 0.261 e. The van der Waals surface area contributed by atoms with Gasteiger partial charge in [0.2, 0.25) is 0 Å². The highest BCUT2D eigenvalue weighted by Crippen LogP contribution is 2.27. The lowest BCUT2D eigenvalue weighted by Crippen LogP contribution is -2.28. The van der Waals surface area contributed by atoms with Gasteiger partial charge in [-0.2, -0.15) is 0 Å². The molecule has 3 rings (SSSR count). The summed E-state index contributed by atoms with van der Waals surface area (Å²) in [6, 6.07) is 18.3. The van der Waals surface area contributed by atoms with Gasteiger partial charge in [0.25, 0.3) is 15.9 Å². The number of anilines is 1. The smallest absolute Gasteiger partial charge is 0.261 e. The number of rotatable bonds is 8. The van der Waals surface area contributed by atoms with Gasteiger partial charge in [-0.3, -0.25) is 9.52 Å². The first kappa shape index (κ1) is 23.6. The Labute approximate surface area is 193 Å². The first-order valence-corrected chi connectivity index (χ1v) is 11.9. The summed E-state index contributed by atoms with van der Waals surface area (Å²) in [5.74, 6) is 0.438. The third kappa shape index (κ3) is 5.60. The van der Waals surface area contributed by atoms with Crippen LogP contribution < -0.4 is 14.8 Å². The second-order valence-corrected chi connectivity index (χ2v) is 9.41. The molecule has 0 aliphatic rings. The number of aryl methyl sites for hydroxylation is 1. The summed E-state index contributed by atoms with van der Waals surface area (Å²) in [5.41, 5.74) is 2.44. The molecule has 3 aromatic rings. The lowest BCUT2D eigenvalue weighted by atomic mass is 10.0. The largest absolute Gasteiger partial charge is 0.497 e. The number of hydrogen-bond donors (Lipinski definition) is 2. The van der Waals surface area contributed by atoms with Crippen LogP contribution in [0.25, 0.3) is 0 Å². The Bertz CT molecular complexity index is 1190. The molecule has 0 aromatic heterocycles. The second-order valence-electron chi connectivity index (χ2n) is 7.32. The number of carbonyl (C=O) groups is 1. The molecule has 0 radical (unpaired) electrons. The van der Waals surface area contributed by atoms with Crippen LogP contribution in [-0.4, -0.2) is 21.4 Å². The van der Waals surface area contributed by atoms with Crippen molar-refractivity contribution in [1.29, 1.82) is 0 Å². The van der Waals surface area contributed by atoms with Crippen molar-refractivity contribution in [3.05, 3.63) is 88.4 Å². The lowest BCUT2D eigenvalue weighted by Gasteiger charge is -2.18. The minimum absolute atomic E-state index is 0.130. The van der Waals surface area contributed by atoms with E-state index in [1.54, 1.807) is 19.2 Å². The maximum absolute atomic E-state index is 12.8. The van der Waals surface area contributed by atoms with Crippen LogP contribution in [0.4, 0.5) is 5.69 Å². The first-order chi connectivity index (χ1) is 15.2. The fourth-order valence-electron chi connectivity index (χ4n) is 3.16. The van der Waals surface area contributed by atoms with Crippen molar-refractivity contribution in [2.24, 2.45) is 0 Å². The molecule has 0 aliphatic carbocycles. The molecule has 0 unspecified atom stereocenters. The zero-order valence-electron chi connectivity index (χ0n) is 18.1. The summed E-state index contributed by atoms with van der Waals surface area (Å²) in [6.45, 7) is 3.85. The van der Waals surface area contributed by atoms with Gasteiger partial charge in [-0.15, -0.1) is 0 Å². The number of amides is 1. The Balaban J connectivity index is 1.74. The van der Waals surface area contributed by atoms with Crippen LogP contribution in [0.15, 0.2) is 71.6 Å². The molecule has 0 saturated heterocycles. The fraction of sp³-hybridized carbons (Fsp3) is 0.208. The molecular formula is C24H25ClN2O4S. The van der Waals surface area contributed by atoms with Gasteiger partial charge in [0, 0.05) is 5.56 Å². The van der Waals surface area contributed by atoms with Crippen molar-refractivity contribution < 1.29 is 17.9 Å². The SMILES string of the molecule is CC[C@H](NC(=O)c1ccc(NS(=O)(=O)c2ccc(C)cc2)c(Cl)c1)c1ccc(OC)cc1. The third-order valence-corrected chi connectivity index (χ3v) is 6.73. The van der Waals surface area contributed by atoms with Gasteiger partial charge in [-0.25, -0.2) is 8.42 Å². The number of halogens is 1. The van der Waals surface area contributed by atoms with E-state index in [1.165, 1.54) is 30.3 Å². The minimum atomic E-state index is -3.80. The topological polar surface area (TPSA) is 84.5 Å². The second kappa shape index (κ2) is 10.1. The Hall–Kier alpha value is -3.03. The molecule has 0 saturated carbocycles. The molecule has 0 bridgehead atoms. The van der Waals surface area contributed by atoms with E-state index < -0.39 is 10.0 Å². The number of sulfonamides is 1. The minimum Gasteiger partial charge on any atom is -0.497 e. The van der Waals surface area contributed by atoms with Gasteiger partial charge in [-0.05, 0) is 61.4 Å². The third-order valence-electron chi connectivity index (χ3n) is 5.04. The Morgan fingerprint density at radius 2 is 1.69 bits per heavy atom. The van der Waals surface area contributed by atoms with Crippen molar-refractivity contribution in [3.8, 4) is 5.75 Å². The van der Waals surface area contributed by atoms with Crippen molar-refractivity contribution in [3.63, 3.8) is 0 Å². The number of benzene rings is 3. The number of nitrogens with one attached hydrogen (secondary N) is 2. The average Bonchev–Trinajstić information content (AvgIpc) is 2.79. The average molecular weight is 473 g/mol. The number of ether oxygens (including phenoxy) is 1. The van der Waals surface area contributed by atoms with Gasteiger partial charge in [0.05, 0.1) is 28.8 Å². The summed E-state index contributed by atoms with van der Waals surface area (Å²) < 4.78 is 32.9. The monoisotopic (exact) mass is 472 g/mol. The standard InChI is InChI=1S/C24H25ClN2O4S/c1-4-22(17-7-10-19(31-3)11-8-17)26-24(28)18-9-14-23(21(25)15-18)27-32(29,30)20-12-5-16(2)6-13-20/h5-15,22,27H,4H2,1-3H3,(H,26,28)/t22-/m0/s1. The van der Waals surface area contributed by atoms with Crippen molar-refractivity contribution in [1.82, 2.24) is 5.32 Å². The predicted molar refractivity (Wildman–Crippen MR) is 127 cm³/mol. The molecule has 8 heteroatoms. The highest BCUT2D eigenvalue weighted by molar-refractivity contribution is 7.92. The number of methoxy groups -OCH3 is 1. The highest BCUT2D eigenvalue weighted by Gasteiger charge is 2.18. The van der Waals surface area contributed by atoms with Crippen LogP contribution in [0.5, 0.6) is 5.75 Å². The predicted octanol–water partition coefficient (Wildman–Crippen LogP) is 5.34. The number of hydrogen-bond acceptors (Lipinski definition) is 4. The molecule has 2 N–H and O–H groups in total. The zero-order chi connectivity index (χ0) is 23.3. The van der Waals surface area contributed by atoms with Crippen molar-refractivity contribution in [2.75, 3.05) is 11.8 Å². The van der Waals surface area contributed by atoms with Gasteiger partial charge in [0.15, 0.2) is 0 Å². The quantitative estimate of drug-likeness (QED) is 0.463. The maximum atomic E-state index is 12.8. The highest BCUT2D eigenvalue weighted by atomic mass is 35.5. The van der Waals surface area contributed by atoms with Crippen LogP contribution in [0, 0.1) is 6.92 Å². The van der Waals surface area contributed by atoms with Gasteiger partial charge in [-0.1, -0.05) is 48.4 Å². The molecule has 1 amide bonds. The molecule has 0 spiro atoms. The van der Waals surface area contributed by atoms with Crippen molar-refractivity contribution in [2.45, 2.75) is 31.2 Å². The summed E-state index contributed by atoms with van der Waals surface area (Å²) in [7, 11) is -2.20. The Kier molecular flexibility index (Phi) is 7.43. The van der Waals surface area contributed by atoms with Gasteiger partial charge < -0.3 is 10.1 Å². The van der Waals surface area contributed by atoms with Gasteiger partial charge in [0.1, 0.15) is 5.75 Å². The van der Waals surface area contributed by atoms with E-state index in [9.17, 15) is 13.2 Å². The lowest BCUT2D eigenvalue weighted by molar-refractivity contribution is 0.0935. The Morgan fingerprint density at radius 3 is 2.25 bits per heavy atom. The van der Waals surface area contributed by atoms with E-state index in [1.807, 2.05) is 38.1 Å². The zero-order valence-corrected chi connectivity index (χ0v) is 19.6. The molecule has 1 atom stereocenters. The summed E-state index contributed by atoms with van der Waals surface area (Å²) >= 11 is 6.29. The van der Waals surface area contributed by atoms with E-state index >= 15 is 0 Å². The van der Waals surface area contributed by atoms with Crippen LogP contribution in [-0.2, 0) is 10.0 Å². The molecule has 0 heterocycles. The van der Waals surface area contributed by atoms with E-state index in [2.05, 4.69) is 10.0 Å². The van der Waals surface area contributed by atoms with Crippen molar-refractivity contribution >= 4 is 33.2 Å². The van der Waals surface area contributed by atoms with Crippen LogP contribution in [0.3, 0.4) is 0 Å². The van der Waals surface area contributed by atoms with E-state index in [0.717, 1.165) is 16.9 Å². The van der Waals surface area contributed by atoms with Gasteiger partial charge >= 0.3 is 0 Å². The molecule has 168 valence electrons. The molecular weight excluding hydrogens is 448 g/mol. The van der Waals surface area contributed by atoms with E-state index in [4.69, 9.17) is 16.3 Å². The van der Waals surface area contributed by atoms with E-state index in [-0.39, 0.29) is 27.6 Å². The fourth-order valence-corrected chi connectivity index (χ4v) is 4.52. The summed E-state index contributed by atoms with van der Waals surface area (Å²) in [6.07, 6.45) is 0.695. The molecule has 32 heavy (non-hydrogen) atoms.